The Morgan fingerprint density at radius 1 is 1.04 bits per heavy atom. The third kappa shape index (κ3) is 4.25. The van der Waals surface area contributed by atoms with Gasteiger partial charge in [-0.1, -0.05) is 35.9 Å². The molecule has 1 saturated heterocycles. The molecule has 0 radical (unpaired) electrons. The molecule has 0 amide bonds. The van der Waals surface area contributed by atoms with Gasteiger partial charge in [-0.25, -0.2) is 0 Å². The Hall–Kier alpha value is -1.55. The van der Waals surface area contributed by atoms with Crippen LogP contribution >= 0.6 is 11.6 Å². The molecule has 122 valence electrons. The summed E-state index contributed by atoms with van der Waals surface area (Å²) in [6, 6.07) is 17.4. The van der Waals surface area contributed by atoms with Crippen molar-refractivity contribution in [2.75, 3.05) is 31.1 Å². The van der Waals surface area contributed by atoms with Crippen molar-refractivity contribution in [3.63, 3.8) is 0 Å². The van der Waals surface area contributed by atoms with E-state index in [0.29, 0.717) is 12.6 Å². The molecule has 1 fully saturated rings. The van der Waals surface area contributed by atoms with Crippen molar-refractivity contribution in [2.45, 2.75) is 18.9 Å². The lowest BCUT2D eigenvalue weighted by Crippen LogP contribution is -2.43. The quantitative estimate of drug-likeness (QED) is 0.881. The summed E-state index contributed by atoms with van der Waals surface area (Å²) in [7, 11) is 0. The van der Waals surface area contributed by atoms with Gasteiger partial charge in [0.1, 0.15) is 0 Å². The summed E-state index contributed by atoms with van der Waals surface area (Å²) in [5, 5.41) is 4.30. The van der Waals surface area contributed by atoms with Crippen molar-refractivity contribution in [3.8, 4) is 11.1 Å². The van der Waals surface area contributed by atoms with Crippen molar-refractivity contribution in [1.82, 2.24) is 5.32 Å². The van der Waals surface area contributed by atoms with Crippen LogP contribution in [0.15, 0.2) is 48.5 Å². The van der Waals surface area contributed by atoms with E-state index in [1.54, 1.807) is 0 Å². The van der Waals surface area contributed by atoms with Gasteiger partial charge < -0.3 is 16.0 Å². The van der Waals surface area contributed by atoms with Crippen molar-refractivity contribution in [1.29, 1.82) is 0 Å². The van der Waals surface area contributed by atoms with E-state index >= 15 is 0 Å². The monoisotopic (exact) mass is 329 g/mol. The fraction of sp³-hybridized carbons (Fsp3) is 0.368. The van der Waals surface area contributed by atoms with Crippen LogP contribution in [-0.4, -0.2) is 32.2 Å². The topological polar surface area (TPSA) is 41.3 Å². The van der Waals surface area contributed by atoms with Crippen LogP contribution in [-0.2, 0) is 0 Å². The van der Waals surface area contributed by atoms with Gasteiger partial charge in [-0.15, -0.1) is 0 Å². The number of rotatable bonds is 5. The Bertz CT molecular complexity index is 636. The highest BCUT2D eigenvalue weighted by atomic mass is 35.5. The molecule has 0 aromatic heterocycles. The molecule has 1 aliphatic rings. The number of halogens is 1. The van der Waals surface area contributed by atoms with Gasteiger partial charge in [-0.3, -0.25) is 0 Å². The molecule has 2 aromatic rings. The first-order valence-corrected chi connectivity index (χ1v) is 8.68. The Labute approximate surface area is 143 Å². The second-order valence-electron chi connectivity index (χ2n) is 6.06. The number of anilines is 1. The fourth-order valence-corrected chi connectivity index (χ4v) is 3.37. The first-order chi connectivity index (χ1) is 11.3. The Kier molecular flexibility index (Phi) is 5.55. The molecule has 1 aliphatic heterocycles. The standard InChI is InChI=1S/C19H24ClN3/c20-17-5-1-3-15(13-17)16-4-2-6-19(14-16)23-11-7-18(8-12-23)22-10-9-21/h1-6,13-14,18,22H,7-12,21H2. The molecule has 23 heavy (non-hydrogen) atoms. The second kappa shape index (κ2) is 7.82. The molecule has 1 heterocycles. The molecule has 3 rings (SSSR count). The molecule has 0 spiro atoms. The predicted octanol–water partition coefficient (Wildman–Crippen LogP) is 3.52. The molecular weight excluding hydrogens is 306 g/mol. The van der Waals surface area contributed by atoms with Crippen molar-refractivity contribution < 1.29 is 0 Å². The minimum absolute atomic E-state index is 0.603. The third-order valence-electron chi connectivity index (χ3n) is 4.44. The maximum Gasteiger partial charge on any atom is 0.0412 e. The van der Waals surface area contributed by atoms with Gasteiger partial charge in [-0.2, -0.15) is 0 Å². The normalized spacial score (nSPS) is 15.8. The van der Waals surface area contributed by atoms with Gasteiger partial charge in [0, 0.05) is 42.9 Å². The van der Waals surface area contributed by atoms with Crippen LogP contribution < -0.4 is 16.0 Å². The van der Waals surface area contributed by atoms with E-state index < -0.39 is 0 Å². The molecule has 2 aromatic carbocycles. The van der Waals surface area contributed by atoms with Crippen LogP contribution in [0.2, 0.25) is 5.02 Å². The lowest BCUT2D eigenvalue weighted by Gasteiger charge is -2.34. The van der Waals surface area contributed by atoms with E-state index in [1.807, 2.05) is 18.2 Å². The maximum absolute atomic E-state index is 6.11. The number of hydrogen-bond acceptors (Lipinski definition) is 3. The molecule has 3 N–H and O–H groups in total. The molecular formula is C19H24ClN3. The zero-order valence-electron chi connectivity index (χ0n) is 13.3. The van der Waals surface area contributed by atoms with Gasteiger partial charge in [0.15, 0.2) is 0 Å². The van der Waals surface area contributed by atoms with Crippen LogP contribution in [0.5, 0.6) is 0 Å². The summed E-state index contributed by atoms with van der Waals surface area (Å²) in [4.78, 5) is 2.47. The largest absolute Gasteiger partial charge is 0.371 e. The summed E-state index contributed by atoms with van der Waals surface area (Å²) in [5.74, 6) is 0. The first-order valence-electron chi connectivity index (χ1n) is 8.30. The number of benzene rings is 2. The van der Waals surface area contributed by atoms with E-state index in [0.717, 1.165) is 24.7 Å². The molecule has 4 heteroatoms. The van der Waals surface area contributed by atoms with Crippen LogP contribution in [0.1, 0.15) is 12.8 Å². The van der Waals surface area contributed by atoms with Crippen LogP contribution in [0.3, 0.4) is 0 Å². The summed E-state index contributed by atoms with van der Waals surface area (Å²) in [5.41, 5.74) is 9.24. The molecule has 0 unspecified atom stereocenters. The van der Waals surface area contributed by atoms with Gasteiger partial charge in [0.05, 0.1) is 0 Å². The second-order valence-corrected chi connectivity index (χ2v) is 6.50. The minimum atomic E-state index is 0.603. The van der Waals surface area contributed by atoms with E-state index in [1.165, 1.54) is 29.7 Å². The fourth-order valence-electron chi connectivity index (χ4n) is 3.18. The van der Waals surface area contributed by atoms with E-state index in [9.17, 15) is 0 Å². The van der Waals surface area contributed by atoms with Crippen LogP contribution in [0.25, 0.3) is 11.1 Å². The molecule has 3 nitrogen and oxygen atoms in total. The summed E-state index contributed by atoms with van der Waals surface area (Å²) in [6.07, 6.45) is 2.34. The summed E-state index contributed by atoms with van der Waals surface area (Å²) >= 11 is 6.11. The summed E-state index contributed by atoms with van der Waals surface area (Å²) < 4.78 is 0. The molecule has 0 bridgehead atoms. The zero-order valence-corrected chi connectivity index (χ0v) is 14.1. The number of piperidine rings is 1. The van der Waals surface area contributed by atoms with Gasteiger partial charge in [-0.05, 0) is 48.2 Å². The number of nitrogens with one attached hydrogen (secondary N) is 1. The summed E-state index contributed by atoms with van der Waals surface area (Å²) in [6.45, 7) is 3.79. The highest BCUT2D eigenvalue weighted by Gasteiger charge is 2.18. The van der Waals surface area contributed by atoms with Gasteiger partial charge in [0.2, 0.25) is 0 Å². The zero-order chi connectivity index (χ0) is 16.1. The SMILES string of the molecule is NCCNC1CCN(c2cccc(-c3cccc(Cl)c3)c2)CC1. The van der Waals surface area contributed by atoms with Crippen molar-refractivity contribution in [2.24, 2.45) is 5.73 Å². The minimum Gasteiger partial charge on any atom is -0.371 e. The molecule has 0 atom stereocenters. The lowest BCUT2D eigenvalue weighted by atomic mass is 10.0. The van der Waals surface area contributed by atoms with E-state index in [2.05, 4.69) is 40.5 Å². The third-order valence-corrected chi connectivity index (χ3v) is 4.68. The number of nitrogens with zero attached hydrogens (tertiary/aromatic N) is 1. The van der Waals surface area contributed by atoms with Crippen molar-refractivity contribution >= 4 is 17.3 Å². The van der Waals surface area contributed by atoms with Crippen molar-refractivity contribution in [3.05, 3.63) is 53.6 Å². The Morgan fingerprint density at radius 2 is 1.74 bits per heavy atom. The highest BCUT2D eigenvalue weighted by Crippen LogP contribution is 2.28. The first kappa shape index (κ1) is 16.3. The Morgan fingerprint density at radius 3 is 2.43 bits per heavy atom. The smallest absolute Gasteiger partial charge is 0.0412 e. The predicted molar refractivity (Wildman–Crippen MR) is 99.2 cm³/mol. The molecule has 0 saturated carbocycles. The van der Waals surface area contributed by atoms with E-state index in [4.69, 9.17) is 17.3 Å². The molecule has 0 aliphatic carbocycles. The van der Waals surface area contributed by atoms with E-state index in [-0.39, 0.29) is 0 Å². The Balaban J connectivity index is 1.69. The number of hydrogen-bond donors (Lipinski definition) is 2. The van der Waals surface area contributed by atoms with Gasteiger partial charge >= 0.3 is 0 Å². The maximum atomic E-state index is 6.11. The van der Waals surface area contributed by atoms with Crippen LogP contribution in [0, 0.1) is 0 Å². The average Bonchev–Trinajstić information content (AvgIpc) is 2.60. The average molecular weight is 330 g/mol. The highest BCUT2D eigenvalue weighted by molar-refractivity contribution is 6.30. The lowest BCUT2D eigenvalue weighted by molar-refractivity contribution is 0.420. The number of nitrogens with two attached hydrogens (primary N) is 1. The van der Waals surface area contributed by atoms with Gasteiger partial charge in [0.25, 0.3) is 0 Å². The van der Waals surface area contributed by atoms with Crippen LogP contribution in [0.4, 0.5) is 5.69 Å².